The van der Waals surface area contributed by atoms with Gasteiger partial charge in [0.1, 0.15) is 12.4 Å². The average molecular weight is 278 g/mol. The Balaban J connectivity index is 1.71. The summed E-state index contributed by atoms with van der Waals surface area (Å²) in [7, 11) is 2.83. The van der Waals surface area contributed by atoms with Crippen molar-refractivity contribution in [2.75, 3.05) is 40.3 Å². The third-order valence-corrected chi connectivity index (χ3v) is 3.83. The Morgan fingerprint density at radius 1 is 1.30 bits per heavy atom. The number of nitrogens with zero attached hydrogens (tertiary/aromatic N) is 2. The van der Waals surface area contributed by atoms with Gasteiger partial charge in [-0.15, -0.1) is 0 Å². The number of ether oxygens (including phenoxy) is 1. The van der Waals surface area contributed by atoms with E-state index in [0.29, 0.717) is 18.1 Å². The zero-order valence-corrected chi connectivity index (χ0v) is 12.2. The number of benzene rings is 1. The predicted molar refractivity (Wildman–Crippen MR) is 80.3 cm³/mol. The maximum absolute atomic E-state index is 9.01. The maximum atomic E-state index is 9.01. The first-order chi connectivity index (χ1) is 9.56. The Morgan fingerprint density at radius 2 is 2.00 bits per heavy atom. The van der Waals surface area contributed by atoms with Crippen LogP contribution >= 0.6 is 0 Å². The summed E-state index contributed by atoms with van der Waals surface area (Å²) in [6.07, 6.45) is 1.22. The number of likely N-dealkylation sites (N-methyl/N-ethyl adjacent to an activating group) is 1. The van der Waals surface area contributed by atoms with Crippen LogP contribution in [0.5, 0.6) is 5.75 Å². The zero-order valence-electron chi connectivity index (χ0n) is 12.2. The van der Waals surface area contributed by atoms with Crippen LogP contribution in [-0.4, -0.2) is 73.3 Å². The average Bonchev–Trinajstić information content (AvgIpc) is 2.88. The van der Waals surface area contributed by atoms with E-state index in [1.54, 1.807) is 24.3 Å². The highest BCUT2D eigenvalue weighted by Gasteiger charge is 2.23. The fraction of sp³-hybridized carbons (Fsp3) is 0.571. The van der Waals surface area contributed by atoms with E-state index in [1.165, 1.54) is 6.42 Å². The molecule has 110 valence electrons. The van der Waals surface area contributed by atoms with Gasteiger partial charge in [-0.05, 0) is 44.7 Å². The molecule has 1 fully saturated rings. The van der Waals surface area contributed by atoms with E-state index in [1.807, 2.05) is 0 Å². The van der Waals surface area contributed by atoms with Crippen LogP contribution in [0, 0.1) is 0 Å². The molecule has 0 saturated carbocycles. The van der Waals surface area contributed by atoms with E-state index in [0.717, 1.165) is 25.4 Å². The normalized spacial score (nSPS) is 19.6. The lowest BCUT2D eigenvalue weighted by Crippen LogP contribution is -2.33. The molecule has 1 atom stereocenters. The fourth-order valence-corrected chi connectivity index (χ4v) is 2.47. The number of likely N-dealkylation sites (tertiary alicyclic amines) is 1. The van der Waals surface area contributed by atoms with Crippen LogP contribution in [0.3, 0.4) is 0 Å². The van der Waals surface area contributed by atoms with Gasteiger partial charge >= 0.3 is 7.12 Å². The molecule has 6 heteroatoms. The minimum Gasteiger partial charge on any atom is -0.492 e. The first-order valence-electron chi connectivity index (χ1n) is 7.04. The quantitative estimate of drug-likeness (QED) is 0.679. The van der Waals surface area contributed by atoms with Gasteiger partial charge in [0.2, 0.25) is 0 Å². The van der Waals surface area contributed by atoms with Gasteiger partial charge in [-0.2, -0.15) is 0 Å². The zero-order chi connectivity index (χ0) is 14.5. The fourth-order valence-electron chi connectivity index (χ4n) is 2.47. The highest BCUT2D eigenvalue weighted by molar-refractivity contribution is 6.58. The lowest BCUT2D eigenvalue weighted by Gasteiger charge is -2.20. The Labute approximate surface area is 120 Å². The van der Waals surface area contributed by atoms with Gasteiger partial charge < -0.3 is 19.7 Å². The monoisotopic (exact) mass is 278 g/mol. The molecular weight excluding hydrogens is 255 g/mol. The van der Waals surface area contributed by atoms with Crippen LogP contribution in [0.2, 0.25) is 0 Å². The van der Waals surface area contributed by atoms with Crippen molar-refractivity contribution in [3.05, 3.63) is 24.3 Å². The van der Waals surface area contributed by atoms with Gasteiger partial charge in [0.05, 0.1) is 0 Å². The first-order valence-corrected chi connectivity index (χ1v) is 7.04. The Hall–Kier alpha value is -1.08. The molecule has 0 amide bonds. The van der Waals surface area contributed by atoms with E-state index in [2.05, 4.69) is 23.9 Å². The highest BCUT2D eigenvalue weighted by Crippen LogP contribution is 2.13. The Kier molecular flexibility index (Phi) is 5.42. The summed E-state index contributed by atoms with van der Waals surface area (Å²) < 4.78 is 5.68. The summed E-state index contributed by atoms with van der Waals surface area (Å²) >= 11 is 0. The van der Waals surface area contributed by atoms with Crippen LogP contribution in [0.1, 0.15) is 6.42 Å². The summed E-state index contributed by atoms with van der Waals surface area (Å²) in [6, 6.07) is 7.51. The molecule has 1 aromatic carbocycles. The van der Waals surface area contributed by atoms with Crippen molar-refractivity contribution in [1.29, 1.82) is 0 Å². The van der Waals surface area contributed by atoms with Crippen molar-refractivity contribution < 1.29 is 14.8 Å². The smallest absolute Gasteiger partial charge is 0.488 e. The van der Waals surface area contributed by atoms with E-state index in [9.17, 15) is 0 Å². The second kappa shape index (κ2) is 7.08. The third-order valence-electron chi connectivity index (χ3n) is 3.83. The van der Waals surface area contributed by atoms with Crippen molar-refractivity contribution in [3.63, 3.8) is 0 Å². The molecular formula is C14H23BN2O3. The summed E-state index contributed by atoms with van der Waals surface area (Å²) in [5, 5.41) is 18.0. The van der Waals surface area contributed by atoms with Crippen LogP contribution in [-0.2, 0) is 0 Å². The van der Waals surface area contributed by atoms with E-state index < -0.39 is 7.12 Å². The number of rotatable bonds is 6. The largest absolute Gasteiger partial charge is 0.492 e. The second-order valence-corrected chi connectivity index (χ2v) is 5.50. The van der Waals surface area contributed by atoms with Crippen LogP contribution < -0.4 is 10.2 Å². The predicted octanol–water partition coefficient (Wildman–Crippen LogP) is -0.619. The van der Waals surface area contributed by atoms with Gasteiger partial charge in [-0.3, -0.25) is 4.90 Å². The van der Waals surface area contributed by atoms with E-state index >= 15 is 0 Å². The molecule has 2 N–H and O–H groups in total. The first kappa shape index (κ1) is 15.3. The van der Waals surface area contributed by atoms with Gasteiger partial charge in [0.25, 0.3) is 0 Å². The van der Waals surface area contributed by atoms with E-state index in [4.69, 9.17) is 14.8 Å². The molecule has 0 aliphatic carbocycles. The summed E-state index contributed by atoms with van der Waals surface area (Å²) in [4.78, 5) is 4.69. The number of hydrogen-bond donors (Lipinski definition) is 2. The minimum atomic E-state index is -1.42. The lowest BCUT2D eigenvalue weighted by atomic mass is 9.80. The lowest BCUT2D eigenvalue weighted by molar-refractivity contribution is 0.221. The standard InChI is InChI=1S/C14H23BN2O3/c1-16(2)13-7-8-17(11-13)9-10-20-14-5-3-12(4-6-14)15(18)19/h3-6,13,18-19H,7-11H2,1-2H3. The molecule has 0 bridgehead atoms. The molecule has 0 radical (unpaired) electrons. The molecule has 1 unspecified atom stereocenters. The molecule has 0 aromatic heterocycles. The van der Waals surface area contributed by atoms with Crippen molar-refractivity contribution in [2.45, 2.75) is 12.5 Å². The van der Waals surface area contributed by atoms with Crippen molar-refractivity contribution >= 4 is 12.6 Å². The minimum absolute atomic E-state index is 0.478. The van der Waals surface area contributed by atoms with Crippen LogP contribution in [0.25, 0.3) is 0 Å². The summed E-state index contributed by atoms with van der Waals surface area (Å²) in [5.74, 6) is 0.762. The highest BCUT2D eigenvalue weighted by atomic mass is 16.5. The number of hydrogen-bond acceptors (Lipinski definition) is 5. The molecule has 1 aliphatic rings. The van der Waals surface area contributed by atoms with Crippen molar-refractivity contribution in [3.8, 4) is 5.75 Å². The van der Waals surface area contributed by atoms with Gasteiger partial charge in [-0.25, -0.2) is 0 Å². The summed E-state index contributed by atoms with van der Waals surface area (Å²) in [6.45, 7) is 3.81. The molecule has 2 rings (SSSR count). The van der Waals surface area contributed by atoms with Crippen molar-refractivity contribution in [1.82, 2.24) is 9.80 Å². The van der Waals surface area contributed by atoms with Crippen LogP contribution in [0.4, 0.5) is 0 Å². The van der Waals surface area contributed by atoms with Gasteiger partial charge in [-0.1, -0.05) is 12.1 Å². The van der Waals surface area contributed by atoms with Crippen LogP contribution in [0.15, 0.2) is 24.3 Å². The van der Waals surface area contributed by atoms with Crippen molar-refractivity contribution in [2.24, 2.45) is 0 Å². The molecule has 1 aliphatic heterocycles. The summed E-state index contributed by atoms with van der Waals surface area (Å²) in [5.41, 5.74) is 0.478. The molecule has 0 spiro atoms. The maximum Gasteiger partial charge on any atom is 0.488 e. The van der Waals surface area contributed by atoms with Gasteiger partial charge in [0, 0.05) is 19.1 Å². The molecule has 1 aromatic rings. The Bertz CT molecular complexity index is 411. The second-order valence-electron chi connectivity index (χ2n) is 5.50. The van der Waals surface area contributed by atoms with E-state index in [-0.39, 0.29) is 0 Å². The molecule has 1 saturated heterocycles. The third kappa shape index (κ3) is 4.21. The topological polar surface area (TPSA) is 56.2 Å². The Morgan fingerprint density at radius 3 is 2.55 bits per heavy atom. The molecule has 1 heterocycles. The molecule has 5 nitrogen and oxygen atoms in total. The molecule has 20 heavy (non-hydrogen) atoms. The SMILES string of the molecule is CN(C)C1CCN(CCOc2ccc(B(O)O)cc2)C1. The van der Waals surface area contributed by atoms with Gasteiger partial charge in [0.15, 0.2) is 0 Å².